The van der Waals surface area contributed by atoms with Crippen molar-refractivity contribution < 1.29 is 14.6 Å². The molecule has 1 atom stereocenters. The van der Waals surface area contributed by atoms with Crippen LogP contribution in [0.5, 0.6) is 17.4 Å². The number of methoxy groups -OCH3 is 2. The van der Waals surface area contributed by atoms with Gasteiger partial charge in [-0.1, -0.05) is 31.3 Å². The number of thiazole rings is 1. The first-order valence-electron chi connectivity index (χ1n) is 10.1. The predicted molar refractivity (Wildman–Crippen MR) is 113 cm³/mol. The van der Waals surface area contributed by atoms with Crippen LogP contribution in [0.4, 0.5) is 0 Å². The molecule has 0 unspecified atom stereocenters. The van der Waals surface area contributed by atoms with Crippen LogP contribution in [0.3, 0.4) is 0 Å². The monoisotopic (exact) mass is 416 g/mol. The molecule has 4 rings (SSSR count). The van der Waals surface area contributed by atoms with Gasteiger partial charge in [-0.25, -0.2) is 4.98 Å². The fourth-order valence-corrected chi connectivity index (χ4v) is 5.09. The minimum atomic E-state index is -0.0825. The molecule has 0 saturated carbocycles. The quantitative estimate of drug-likeness (QED) is 0.657. The first kappa shape index (κ1) is 20.0. The van der Waals surface area contributed by atoms with Gasteiger partial charge in [0.25, 0.3) is 0 Å². The summed E-state index contributed by atoms with van der Waals surface area (Å²) < 4.78 is 12.5. The highest BCUT2D eigenvalue weighted by molar-refractivity contribution is 7.17. The van der Waals surface area contributed by atoms with Gasteiger partial charge in [-0.05, 0) is 49.5 Å². The average Bonchev–Trinajstić information content (AvgIpc) is 3.28. The van der Waals surface area contributed by atoms with Crippen LogP contribution in [-0.2, 0) is 6.42 Å². The van der Waals surface area contributed by atoms with E-state index in [1.165, 1.54) is 11.3 Å². The molecule has 0 amide bonds. The molecule has 1 aliphatic heterocycles. The van der Waals surface area contributed by atoms with Crippen molar-refractivity contribution in [3.8, 4) is 17.4 Å². The van der Waals surface area contributed by atoms with Crippen LogP contribution >= 0.6 is 11.3 Å². The Morgan fingerprint density at radius 1 is 1.21 bits per heavy atom. The molecule has 1 saturated heterocycles. The predicted octanol–water partition coefficient (Wildman–Crippen LogP) is 3.90. The Bertz CT molecular complexity index is 991. The van der Waals surface area contributed by atoms with Gasteiger partial charge in [0.2, 0.25) is 10.8 Å². The van der Waals surface area contributed by atoms with Crippen LogP contribution in [0, 0.1) is 5.92 Å². The van der Waals surface area contributed by atoms with Crippen LogP contribution < -0.4 is 9.47 Å². The molecule has 0 aliphatic carbocycles. The summed E-state index contributed by atoms with van der Waals surface area (Å²) in [6, 6.07) is 5.91. The lowest BCUT2D eigenvalue weighted by Crippen LogP contribution is -2.36. The fourth-order valence-electron chi connectivity index (χ4n) is 3.96. The summed E-state index contributed by atoms with van der Waals surface area (Å²) in [4.78, 5) is 8.58. The van der Waals surface area contributed by atoms with Gasteiger partial charge in [0.1, 0.15) is 0 Å². The molecular weight excluding hydrogens is 388 g/mol. The van der Waals surface area contributed by atoms with Crippen LogP contribution in [0.1, 0.15) is 49.0 Å². The number of ether oxygens (including phenoxy) is 2. The van der Waals surface area contributed by atoms with E-state index in [0.717, 1.165) is 59.5 Å². The molecule has 156 valence electrons. The third kappa shape index (κ3) is 3.67. The van der Waals surface area contributed by atoms with Crippen LogP contribution in [0.25, 0.3) is 4.96 Å². The smallest absolute Gasteiger partial charge is 0.230 e. The molecular formula is C21H28N4O3S. The lowest BCUT2D eigenvalue weighted by Gasteiger charge is -2.36. The third-order valence-corrected chi connectivity index (χ3v) is 6.79. The van der Waals surface area contributed by atoms with Crippen molar-refractivity contribution in [3.63, 3.8) is 0 Å². The second-order valence-corrected chi connectivity index (χ2v) is 8.61. The van der Waals surface area contributed by atoms with Crippen molar-refractivity contribution in [1.29, 1.82) is 0 Å². The number of likely N-dealkylation sites (tertiary alicyclic amines) is 1. The second-order valence-electron chi connectivity index (χ2n) is 7.60. The maximum absolute atomic E-state index is 11.0. The Labute approximate surface area is 174 Å². The lowest BCUT2D eigenvalue weighted by molar-refractivity contribution is 0.157. The SMILES string of the molecule is CCc1nc2sc([C@H](c3ccc(OC)c(OC)c3)N3CCC(C)CC3)c(O)n2n1. The molecule has 3 aromatic rings. The summed E-state index contributed by atoms with van der Waals surface area (Å²) in [7, 11) is 3.28. The Morgan fingerprint density at radius 2 is 1.93 bits per heavy atom. The molecule has 3 heterocycles. The molecule has 7 nitrogen and oxygen atoms in total. The van der Waals surface area contributed by atoms with E-state index in [1.807, 2.05) is 19.1 Å². The van der Waals surface area contributed by atoms with Gasteiger partial charge in [-0.2, -0.15) is 4.52 Å². The van der Waals surface area contributed by atoms with E-state index in [0.29, 0.717) is 11.5 Å². The van der Waals surface area contributed by atoms with Crippen molar-refractivity contribution in [3.05, 3.63) is 34.5 Å². The summed E-state index contributed by atoms with van der Waals surface area (Å²) in [5, 5.41) is 15.5. The normalized spacial score (nSPS) is 17.0. The van der Waals surface area contributed by atoms with Crippen LogP contribution in [0.2, 0.25) is 0 Å². The highest BCUT2D eigenvalue weighted by Gasteiger charge is 2.32. The standard InChI is InChI=1S/C21H28N4O3S/c1-5-17-22-21-25(23-17)20(26)19(29-21)18(24-10-8-13(2)9-11-24)14-6-7-15(27-3)16(12-14)28-4/h6-7,12-13,18,26H,5,8-11H2,1-4H3/t18-/m0/s1. The van der Waals surface area contributed by atoms with E-state index in [2.05, 4.69) is 28.0 Å². The van der Waals surface area contributed by atoms with Crippen molar-refractivity contribution in [2.45, 2.75) is 39.2 Å². The number of aryl methyl sites for hydroxylation is 1. The van der Waals surface area contributed by atoms with E-state index in [1.54, 1.807) is 18.7 Å². The van der Waals surface area contributed by atoms with Gasteiger partial charge in [0, 0.05) is 6.42 Å². The van der Waals surface area contributed by atoms with Gasteiger partial charge in [-0.15, -0.1) is 5.10 Å². The molecule has 2 aromatic heterocycles. The van der Waals surface area contributed by atoms with Crippen LogP contribution in [-0.4, -0.2) is 51.9 Å². The van der Waals surface area contributed by atoms with E-state index in [4.69, 9.17) is 9.47 Å². The topological polar surface area (TPSA) is 72.1 Å². The van der Waals surface area contributed by atoms with Gasteiger partial charge in [0.15, 0.2) is 17.3 Å². The first-order chi connectivity index (χ1) is 14.0. The summed E-state index contributed by atoms with van der Waals surface area (Å²) in [5.41, 5.74) is 1.06. The third-order valence-electron chi connectivity index (χ3n) is 5.71. The maximum Gasteiger partial charge on any atom is 0.230 e. The van der Waals surface area contributed by atoms with Gasteiger partial charge >= 0.3 is 0 Å². The van der Waals surface area contributed by atoms with Crippen molar-refractivity contribution in [1.82, 2.24) is 19.5 Å². The number of nitrogens with zero attached hydrogens (tertiary/aromatic N) is 4. The number of hydrogen-bond donors (Lipinski definition) is 1. The highest BCUT2D eigenvalue weighted by atomic mass is 32.1. The first-order valence-corrected chi connectivity index (χ1v) is 10.9. The largest absolute Gasteiger partial charge is 0.493 e. The van der Waals surface area contributed by atoms with Crippen molar-refractivity contribution in [2.75, 3.05) is 27.3 Å². The Hall–Kier alpha value is -2.32. The number of hydrogen-bond acceptors (Lipinski definition) is 7. The van der Waals surface area contributed by atoms with Crippen molar-refractivity contribution in [2.24, 2.45) is 5.92 Å². The van der Waals surface area contributed by atoms with Gasteiger partial charge in [0.05, 0.1) is 25.1 Å². The summed E-state index contributed by atoms with van der Waals surface area (Å²) in [5.74, 6) is 3.03. The number of aromatic hydroxyl groups is 1. The van der Waals surface area contributed by atoms with Gasteiger partial charge in [-0.3, -0.25) is 4.90 Å². The molecule has 29 heavy (non-hydrogen) atoms. The molecule has 1 N–H and O–H groups in total. The molecule has 0 radical (unpaired) electrons. The Morgan fingerprint density at radius 3 is 2.55 bits per heavy atom. The molecule has 1 aliphatic rings. The van der Waals surface area contributed by atoms with Gasteiger partial charge < -0.3 is 14.6 Å². The number of fused-ring (bicyclic) bond motifs is 1. The van der Waals surface area contributed by atoms with E-state index in [9.17, 15) is 5.11 Å². The number of rotatable bonds is 6. The number of piperidine rings is 1. The van der Waals surface area contributed by atoms with E-state index >= 15 is 0 Å². The lowest BCUT2D eigenvalue weighted by atomic mass is 9.95. The molecule has 1 fully saturated rings. The van der Waals surface area contributed by atoms with E-state index in [-0.39, 0.29) is 11.9 Å². The molecule has 0 bridgehead atoms. The fraction of sp³-hybridized carbons (Fsp3) is 0.524. The average molecular weight is 417 g/mol. The van der Waals surface area contributed by atoms with E-state index < -0.39 is 0 Å². The Balaban J connectivity index is 1.81. The van der Waals surface area contributed by atoms with Crippen molar-refractivity contribution >= 4 is 16.3 Å². The minimum absolute atomic E-state index is 0.0825. The number of benzene rings is 1. The summed E-state index contributed by atoms with van der Waals surface area (Å²) in [6.45, 7) is 6.27. The highest BCUT2D eigenvalue weighted by Crippen LogP contribution is 2.43. The number of aromatic nitrogens is 3. The van der Waals surface area contributed by atoms with Crippen LogP contribution in [0.15, 0.2) is 18.2 Å². The molecule has 0 spiro atoms. The molecule has 1 aromatic carbocycles. The minimum Gasteiger partial charge on any atom is -0.493 e. The summed E-state index contributed by atoms with van der Waals surface area (Å²) >= 11 is 1.51. The Kier molecular flexibility index (Phi) is 5.65. The second kappa shape index (κ2) is 8.20. The zero-order chi connectivity index (χ0) is 20.5. The maximum atomic E-state index is 11.0. The summed E-state index contributed by atoms with van der Waals surface area (Å²) in [6.07, 6.45) is 3.03. The molecule has 8 heteroatoms. The zero-order valence-electron chi connectivity index (χ0n) is 17.4. The zero-order valence-corrected chi connectivity index (χ0v) is 18.2.